The molecule has 0 aromatic rings. The molecule has 44 heavy (non-hydrogen) atoms. The fourth-order valence-corrected chi connectivity index (χ4v) is 6.85. The van der Waals surface area contributed by atoms with Crippen molar-refractivity contribution >= 4 is 11.9 Å². The average molecular weight is 621 g/mol. The molecule has 0 bridgehead atoms. The Labute approximate surface area is 275 Å². The zero-order chi connectivity index (χ0) is 31.8. The molecular weight excluding hydrogens is 544 g/mol. The monoisotopic (exact) mass is 621 g/mol. The summed E-state index contributed by atoms with van der Waals surface area (Å²) in [5.41, 5.74) is 0. The molecule has 0 spiro atoms. The first kappa shape index (κ1) is 41.0. The highest BCUT2D eigenvalue weighted by Crippen LogP contribution is 2.32. The summed E-state index contributed by atoms with van der Waals surface area (Å²) in [5, 5.41) is 0. The van der Waals surface area contributed by atoms with E-state index >= 15 is 0 Å². The van der Waals surface area contributed by atoms with Crippen molar-refractivity contribution in [2.45, 2.75) is 219 Å². The van der Waals surface area contributed by atoms with Gasteiger partial charge in [0, 0.05) is 0 Å². The van der Waals surface area contributed by atoms with E-state index in [-0.39, 0.29) is 23.8 Å². The Bertz CT molecular complexity index is 579. The van der Waals surface area contributed by atoms with Crippen LogP contribution in [0.25, 0.3) is 0 Å². The normalized spacial score (nSPS) is 16.7. The standard InChI is InChI=1S/C40H76O4/c1-3-5-7-9-11-13-15-17-19-21-23-25-27-31-35-43-39(41)37-33-29-30-34-38(37)40(42)44-36-32-28-26-24-22-20-18-16-14-12-10-8-6-4-2/h37-38H,3-36H2,1-2H3. The van der Waals surface area contributed by atoms with Crippen LogP contribution < -0.4 is 0 Å². The van der Waals surface area contributed by atoms with Gasteiger partial charge in [0.25, 0.3) is 0 Å². The van der Waals surface area contributed by atoms with Crippen molar-refractivity contribution in [2.24, 2.45) is 11.8 Å². The third-order valence-corrected chi connectivity index (χ3v) is 9.86. The minimum absolute atomic E-state index is 0.169. The number of ether oxygens (including phenoxy) is 2. The van der Waals surface area contributed by atoms with Gasteiger partial charge in [0.05, 0.1) is 25.0 Å². The van der Waals surface area contributed by atoms with E-state index in [9.17, 15) is 9.59 Å². The zero-order valence-corrected chi connectivity index (χ0v) is 29.8. The largest absolute Gasteiger partial charge is 0.465 e. The number of carbonyl (C=O) groups excluding carboxylic acids is 2. The summed E-state index contributed by atoms with van der Waals surface area (Å²) < 4.78 is 11.3. The lowest BCUT2D eigenvalue weighted by atomic mass is 9.79. The lowest BCUT2D eigenvalue weighted by molar-refractivity contribution is -0.163. The van der Waals surface area contributed by atoms with Crippen molar-refractivity contribution < 1.29 is 19.1 Å². The Morgan fingerprint density at radius 3 is 0.864 bits per heavy atom. The van der Waals surface area contributed by atoms with Crippen LogP contribution >= 0.6 is 0 Å². The second-order valence-corrected chi connectivity index (χ2v) is 14.0. The third kappa shape index (κ3) is 24.2. The van der Waals surface area contributed by atoms with Crippen molar-refractivity contribution in [3.8, 4) is 0 Å². The molecule has 0 aromatic carbocycles. The molecule has 4 heteroatoms. The molecule has 2 atom stereocenters. The van der Waals surface area contributed by atoms with Crippen molar-refractivity contribution in [3.05, 3.63) is 0 Å². The van der Waals surface area contributed by atoms with Crippen LogP contribution in [0, 0.1) is 11.8 Å². The minimum Gasteiger partial charge on any atom is -0.465 e. The van der Waals surface area contributed by atoms with E-state index in [2.05, 4.69) is 13.8 Å². The molecule has 0 aromatic heterocycles. The van der Waals surface area contributed by atoms with Crippen molar-refractivity contribution in [2.75, 3.05) is 13.2 Å². The molecule has 260 valence electrons. The van der Waals surface area contributed by atoms with Gasteiger partial charge in [-0.3, -0.25) is 9.59 Å². The van der Waals surface area contributed by atoms with Gasteiger partial charge in [-0.15, -0.1) is 0 Å². The van der Waals surface area contributed by atoms with Crippen LogP contribution in [0.5, 0.6) is 0 Å². The first-order valence-corrected chi connectivity index (χ1v) is 20.0. The highest BCUT2D eigenvalue weighted by molar-refractivity contribution is 5.82. The molecule has 0 aliphatic heterocycles. The van der Waals surface area contributed by atoms with Gasteiger partial charge in [-0.05, 0) is 25.7 Å². The second-order valence-electron chi connectivity index (χ2n) is 14.0. The molecule has 4 nitrogen and oxygen atoms in total. The highest BCUT2D eigenvalue weighted by Gasteiger charge is 2.37. The van der Waals surface area contributed by atoms with Gasteiger partial charge < -0.3 is 9.47 Å². The fourth-order valence-electron chi connectivity index (χ4n) is 6.85. The summed E-state index contributed by atoms with van der Waals surface area (Å²) in [6.45, 7) is 5.55. The minimum atomic E-state index is -0.306. The van der Waals surface area contributed by atoms with E-state index in [4.69, 9.17) is 9.47 Å². The molecule has 0 heterocycles. The van der Waals surface area contributed by atoms with E-state index in [1.54, 1.807) is 0 Å². The summed E-state index contributed by atoms with van der Waals surface area (Å²) in [6.07, 6.45) is 40.4. The van der Waals surface area contributed by atoms with E-state index < -0.39 is 0 Å². The quantitative estimate of drug-likeness (QED) is 0.0554. The van der Waals surface area contributed by atoms with Crippen LogP contribution in [0.3, 0.4) is 0 Å². The third-order valence-electron chi connectivity index (χ3n) is 9.86. The number of carbonyl (C=O) groups is 2. The predicted molar refractivity (Wildman–Crippen MR) is 188 cm³/mol. The molecule has 0 N–H and O–H groups in total. The fraction of sp³-hybridized carbons (Fsp3) is 0.950. The van der Waals surface area contributed by atoms with Crippen LogP contribution in [-0.2, 0) is 19.1 Å². The second kappa shape index (κ2) is 31.9. The zero-order valence-electron chi connectivity index (χ0n) is 29.8. The van der Waals surface area contributed by atoms with Crippen molar-refractivity contribution in [3.63, 3.8) is 0 Å². The maximum Gasteiger partial charge on any atom is 0.309 e. The van der Waals surface area contributed by atoms with Crippen LogP contribution in [0.2, 0.25) is 0 Å². The van der Waals surface area contributed by atoms with E-state index in [1.165, 1.54) is 154 Å². The van der Waals surface area contributed by atoms with Gasteiger partial charge in [-0.1, -0.05) is 194 Å². The Balaban J connectivity index is 1.98. The van der Waals surface area contributed by atoms with Gasteiger partial charge >= 0.3 is 11.9 Å². The van der Waals surface area contributed by atoms with E-state index in [0.717, 1.165) is 51.4 Å². The molecule has 2 unspecified atom stereocenters. The summed E-state index contributed by atoms with van der Waals surface area (Å²) in [6, 6.07) is 0. The highest BCUT2D eigenvalue weighted by atomic mass is 16.5. The number of unbranched alkanes of at least 4 members (excludes halogenated alkanes) is 26. The summed E-state index contributed by atoms with van der Waals surface area (Å²) in [4.78, 5) is 25.7. The van der Waals surface area contributed by atoms with Gasteiger partial charge in [0.1, 0.15) is 0 Å². The van der Waals surface area contributed by atoms with Crippen LogP contribution in [0.15, 0.2) is 0 Å². The Morgan fingerprint density at radius 2 is 0.614 bits per heavy atom. The number of hydrogen-bond acceptors (Lipinski definition) is 4. The molecule has 0 amide bonds. The maximum absolute atomic E-state index is 12.8. The molecular formula is C40H76O4. The first-order chi connectivity index (χ1) is 21.7. The Kier molecular flexibility index (Phi) is 29.7. The van der Waals surface area contributed by atoms with Gasteiger partial charge in [0.2, 0.25) is 0 Å². The van der Waals surface area contributed by atoms with Crippen LogP contribution in [0.4, 0.5) is 0 Å². The smallest absolute Gasteiger partial charge is 0.309 e. The topological polar surface area (TPSA) is 52.6 Å². The lowest BCUT2D eigenvalue weighted by Gasteiger charge is -2.28. The van der Waals surface area contributed by atoms with Gasteiger partial charge in [0.15, 0.2) is 0 Å². The van der Waals surface area contributed by atoms with Crippen molar-refractivity contribution in [1.82, 2.24) is 0 Å². The van der Waals surface area contributed by atoms with Crippen LogP contribution in [-0.4, -0.2) is 25.2 Å². The SMILES string of the molecule is CCCCCCCCCCCCCCCCOC(=O)C1CCCCC1C(=O)OCCCCCCCCCCCCCCCC. The van der Waals surface area contributed by atoms with E-state index in [1.807, 2.05) is 0 Å². The van der Waals surface area contributed by atoms with E-state index in [0.29, 0.717) is 13.2 Å². The number of esters is 2. The molecule has 1 aliphatic rings. The molecule has 1 rings (SSSR count). The Hall–Kier alpha value is -1.06. The first-order valence-electron chi connectivity index (χ1n) is 20.0. The Morgan fingerprint density at radius 1 is 0.386 bits per heavy atom. The molecule has 1 saturated carbocycles. The average Bonchev–Trinajstić information content (AvgIpc) is 3.04. The predicted octanol–water partition coefficient (Wildman–Crippen LogP) is 12.8. The van der Waals surface area contributed by atoms with Gasteiger partial charge in [-0.25, -0.2) is 0 Å². The maximum atomic E-state index is 12.8. The summed E-state index contributed by atoms with van der Waals surface area (Å²) in [7, 11) is 0. The van der Waals surface area contributed by atoms with Gasteiger partial charge in [-0.2, -0.15) is 0 Å². The van der Waals surface area contributed by atoms with Crippen LogP contribution in [0.1, 0.15) is 219 Å². The van der Waals surface area contributed by atoms with Crippen molar-refractivity contribution in [1.29, 1.82) is 0 Å². The summed E-state index contributed by atoms with van der Waals surface area (Å²) in [5.74, 6) is -0.950. The summed E-state index contributed by atoms with van der Waals surface area (Å²) >= 11 is 0. The molecule has 0 saturated heterocycles. The number of rotatable bonds is 32. The number of hydrogen-bond donors (Lipinski definition) is 0. The molecule has 0 radical (unpaired) electrons. The molecule has 1 fully saturated rings. The molecule has 1 aliphatic carbocycles. The lowest BCUT2D eigenvalue weighted by Crippen LogP contribution is -2.35.